The topological polar surface area (TPSA) is 0 Å². The van der Waals surface area contributed by atoms with Crippen LogP contribution in [0, 0.1) is 27.7 Å². The molecule has 0 nitrogen and oxygen atoms in total. The van der Waals surface area contributed by atoms with E-state index in [1.807, 2.05) is 6.08 Å². The van der Waals surface area contributed by atoms with Crippen LogP contribution >= 0.6 is 0 Å². The first-order chi connectivity index (χ1) is 8.45. The fourth-order valence-corrected chi connectivity index (χ4v) is 3.09. The first-order valence-corrected chi connectivity index (χ1v) is 7.18. The lowest BCUT2D eigenvalue weighted by atomic mass is 9.82. The predicted molar refractivity (Wildman–Crippen MR) is 83.4 cm³/mol. The van der Waals surface area contributed by atoms with Gasteiger partial charge in [0.05, 0.1) is 0 Å². The molecule has 1 aromatic rings. The summed E-state index contributed by atoms with van der Waals surface area (Å²) in [6, 6.07) is 0. The second kappa shape index (κ2) is 6.22. The van der Waals surface area contributed by atoms with Crippen molar-refractivity contribution in [2.45, 2.75) is 66.7 Å². The van der Waals surface area contributed by atoms with Crippen molar-refractivity contribution in [3.05, 3.63) is 40.0 Å². The summed E-state index contributed by atoms with van der Waals surface area (Å²) < 4.78 is 0. The van der Waals surface area contributed by atoms with E-state index < -0.39 is 0 Å². The zero-order valence-electron chi connectivity index (χ0n) is 13.0. The van der Waals surface area contributed by atoms with E-state index in [0.717, 1.165) is 0 Å². The molecule has 0 fully saturated rings. The second-order valence-electron chi connectivity index (χ2n) is 5.57. The van der Waals surface area contributed by atoms with Crippen LogP contribution in [0.3, 0.4) is 0 Å². The molecule has 0 aromatic heterocycles. The highest BCUT2D eigenvalue weighted by atomic mass is 14.2. The van der Waals surface area contributed by atoms with Crippen LogP contribution in [0.5, 0.6) is 0 Å². The van der Waals surface area contributed by atoms with Crippen molar-refractivity contribution in [3.63, 3.8) is 0 Å². The molecular formula is C18H28. The van der Waals surface area contributed by atoms with E-state index in [0.29, 0.717) is 5.92 Å². The summed E-state index contributed by atoms with van der Waals surface area (Å²) in [6.45, 7) is 17.6. The van der Waals surface area contributed by atoms with Crippen molar-refractivity contribution in [1.29, 1.82) is 0 Å². The fraction of sp³-hybridized carbons (Fsp3) is 0.556. The molecule has 0 saturated carbocycles. The Morgan fingerprint density at radius 2 is 1.61 bits per heavy atom. The summed E-state index contributed by atoms with van der Waals surface area (Å²) in [5.41, 5.74) is 8.66. The highest BCUT2D eigenvalue weighted by Gasteiger charge is 2.17. The van der Waals surface area contributed by atoms with Crippen molar-refractivity contribution < 1.29 is 0 Å². The number of benzene rings is 1. The van der Waals surface area contributed by atoms with Crippen LogP contribution < -0.4 is 0 Å². The Morgan fingerprint density at radius 3 is 2.11 bits per heavy atom. The number of rotatable bonds is 5. The molecule has 18 heavy (non-hydrogen) atoms. The maximum absolute atomic E-state index is 3.99. The Balaban J connectivity index is 3.34. The van der Waals surface area contributed by atoms with Crippen molar-refractivity contribution >= 4 is 6.08 Å². The Labute approximate surface area is 113 Å². The summed E-state index contributed by atoms with van der Waals surface area (Å²) in [5, 5.41) is 0. The molecule has 0 aliphatic heterocycles. The summed E-state index contributed by atoms with van der Waals surface area (Å²) in [5.74, 6) is 0.656. The minimum absolute atomic E-state index is 0.656. The largest absolute Gasteiger partial charge is 0.0984 e. The van der Waals surface area contributed by atoms with Gasteiger partial charge in [0.2, 0.25) is 0 Å². The number of hydrogen-bond acceptors (Lipinski definition) is 0. The van der Waals surface area contributed by atoms with Crippen molar-refractivity contribution in [2.75, 3.05) is 0 Å². The molecule has 1 rings (SSSR count). The standard InChI is InChI=1S/C18H28/c1-8-10-11-12(3)18-15(6)13(4)14(5)17(9-2)16(18)7/h9,12H,2,8,10-11H2,1,3-7H3. The molecule has 0 aliphatic rings. The minimum Gasteiger partial charge on any atom is -0.0984 e. The summed E-state index contributed by atoms with van der Waals surface area (Å²) >= 11 is 0. The molecule has 0 spiro atoms. The van der Waals surface area contributed by atoms with E-state index in [1.54, 1.807) is 5.56 Å². The molecule has 1 unspecified atom stereocenters. The summed E-state index contributed by atoms with van der Waals surface area (Å²) in [7, 11) is 0. The molecule has 100 valence electrons. The molecule has 0 bridgehead atoms. The summed E-state index contributed by atoms with van der Waals surface area (Å²) in [4.78, 5) is 0. The average molecular weight is 244 g/mol. The van der Waals surface area contributed by atoms with Gasteiger partial charge in [0.15, 0.2) is 0 Å². The zero-order chi connectivity index (χ0) is 13.9. The van der Waals surface area contributed by atoms with E-state index in [2.05, 4.69) is 48.1 Å². The molecule has 0 heterocycles. The first kappa shape index (κ1) is 15.0. The zero-order valence-corrected chi connectivity index (χ0v) is 13.0. The average Bonchev–Trinajstić information content (AvgIpc) is 2.34. The number of unbranched alkanes of at least 4 members (excludes halogenated alkanes) is 1. The van der Waals surface area contributed by atoms with Crippen LogP contribution in [0.1, 0.15) is 72.4 Å². The second-order valence-corrected chi connectivity index (χ2v) is 5.57. The van der Waals surface area contributed by atoms with Gasteiger partial charge in [0.1, 0.15) is 0 Å². The molecule has 1 aromatic carbocycles. The van der Waals surface area contributed by atoms with Gasteiger partial charge in [-0.05, 0) is 73.4 Å². The van der Waals surface area contributed by atoms with Gasteiger partial charge in [-0.15, -0.1) is 0 Å². The maximum Gasteiger partial charge on any atom is -0.0185 e. The van der Waals surface area contributed by atoms with Crippen LogP contribution in [0.4, 0.5) is 0 Å². The van der Waals surface area contributed by atoms with Gasteiger partial charge in [0, 0.05) is 0 Å². The fourth-order valence-electron chi connectivity index (χ4n) is 3.09. The highest BCUT2D eigenvalue weighted by molar-refractivity contribution is 5.63. The SMILES string of the molecule is C=Cc1c(C)c(C)c(C)c(C(C)CCCC)c1C. The molecule has 0 heteroatoms. The Bertz CT molecular complexity index is 438. The lowest BCUT2D eigenvalue weighted by molar-refractivity contribution is 0.618. The minimum atomic E-state index is 0.656. The van der Waals surface area contributed by atoms with E-state index in [9.17, 15) is 0 Å². The van der Waals surface area contributed by atoms with Crippen LogP contribution in [0.15, 0.2) is 6.58 Å². The molecule has 1 atom stereocenters. The van der Waals surface area contributed by atoms with Crippen LogP contribution in [-0.2, 0) is 0 Å². The predicted octanol–water partition coefficient (Wildman–Crippen LogP) is 5.86. The van der Waals surface area contributed by atoms with Crippen LogP contribution in [0.2, 0.25) is 0 Å². The smallest absolute Gasteiger partial charge is 0.0185 e. The molecule has 0 saturated heterocycles. The van der Waals surface area contributed by atoms with Crippen LogP contribution in [-0.4, -0.2) is 0 Å². The number of hydrogen-bond donors (Lipinski definition) is 0. The van der Waals surface area contributed by atoms with Gasteiger partial charge in [-0.3, -0.25) is 0 Å². The monoisotopic (exact) mass is 244 g/mol. The molecular weight excluding hydrogens is 216 g/mol. The van der Waals surface area contributed by atoms with E-state index >= 15 is 0 Å². The van der Waals surface area contributed by atoms with Gasteiger partial charge < -0.3 is 0 Å². The van der Waals surface area contributed by atoms with E-state index in [4.69, 9.17) is 0 Å². The Kier molecular flexibility index (Phi) is 5.19. The molecule has 0 aliphatic carbocycles. The Hall–Kier alpha value is -1.04. The third-order valence-corrected chi connectivity index (χ3v) is 4.43. The van der Waals surface area contributed by atoms with Crippen molar-refractivity contribution in [3.8, 4) is 0 Å². The van der Waals surface area contributed by atoms with E-state index in [1.165, 1.54) is 47.1 Å². The van der Waals surface area contributed by atoms with Gasteiger partial charge in [-0.2, -0.15) is 0 Å². The van der Waals surface area contributed by atoms with Gasteiger partial charge >= 0.3 is 0 Å². The van der Waals surface area contributed by atoms with Gasteiger partial charge in [-0.1, -0.05) is 39.3 Å². The summed E-state index contributed by atoms with van der Waals surface area (Å²) in [6.07, 6.45) is 5.91. The maximum atomic E-state index is 3.99. The van der Waals surface area contributed by atoms with E-state index in [-0.39, 0.29) is 0 Å². The molecule has 0 amide bonds. The van der Waals surface area contributed by atoms with Gasteiger partial charge in [0.25, 0.3) is 0 Å². The Morgan fingerprint density at radius 1 is 1.00 bits per heavy atom. The quantitative estimate of drug-likeness (QED) is 0.609. The lowest BCUT2D eigenvalue weighted by Gasteiger charge is -2.23. The lowest BCUT2D eigenvalue weighted by Crippen LogP contribution is -2.06. The third-order valence-electron chi connectivity index (χ3n) is 4.43. The van der Waals surface area contributed by atoms with Crippen molar-refractivity contribution in [1.82, 2.24) is 0 Å². The highest BCUT2D eigenvalue weighted by Crippen LogP contribution is 2.34. The molecule has 0 radical (unpaired) electrons. The molecule has 0 N–H and O–H groups in total. The third kappa shape index (κ3) is 2.68. The van der Waals surface area contributed by atoms with Crippen LogP contribution in [0.25, 0.3) is 6.08 Å². The van der Waals surface area contributed by atoms with Crippen molar-refractivity contribution in [2.24, 2.45) is 0 Å². The first-order valence-electron chi connectivity index (χ1n) is 7.18. The normalized spacial score (nSPS) is 12.6. The van der Waals surface area contributed by atoms with Gasteiger partial charge in [-0.25, -0.2) is 0 Å².